The molecular formula is C23H33N5O2. The fraction of sp³-hybridized carbons (Fsp3) is 0.739. The van der Waals surface area contributed by atoms with E-state index in [-0.39, 0.29) is 5.92 Å². The average Bonchev–Trinajstić information content (AvgIpc) is 2.73. The van der Waals surface area contributed by atoms with Crippen LogP contribution < -0.4 is 4.90 Å². The van der Waals surface area contributed by atoms with Gasteiger partial charge in [0.05, 0.1) is 5.92 Å². The van der Waals surface area contributed by atoms with Crippen LogP contribution in [-0.2, 0) is 9.59 Å². The number of carbonyl (C=O) groups excluding carboxylic acids is 2. The smallest absolute Gasteiger partial charge is 0.227 e. The largest absolute Gasteiger partial charge is 0.342 e. The molecule has 0 N–H and O–H groups in total. The van der Waals surface area contributed by atoms with Gasteiger partial charge in [0.25, 0.3) is 0 Å². The van der Waals surface area contributed by atoms with Crippen LogP contribution in [-0.4, -0.2) is 70.3 Å². The molecule has 1 aromatic heterocycles. The van der Waals surface area contributed by atoms with Crippen molar-refractivity contribution < 1.29 is 9.59 Å². The number of fused-ring (bicyclic) bond motifs is 4. The van der Waals surface area contributed by atoms with Gasteiger partial charge in [-0.15, -0.1) is 0 Å². The molecule has 7 nitrogen and oxygen atoms in total. The van der Waals surface area contributed by atoms with Gasteiger partial charge in [0.1, 0.15) is 0 Å². The Morgan fingerprint density at radius 1 is 1.03 bits per heavy atom. The zero-order valence-electron chi connectivity index (χ0n) is 18.2. The molecule has 0 aliphatic carbocycles. The highest BCUT2D eigenvalue weighted by molar-refractivity contribution is 5.80. The van der Waals surface area contributed by atoms with Crippen LogP contribution in [0.4, 0.5) is 5.95 Å². The van der Waals surface area contributed by atoms with E-state index in [9.17, 15) is 9.59 Å². The van der Waals surface area contributed by atoms with Crippen molar-refractivity contribution in [2.45, 2.75) is 58.4 Å². The molecular weight excluding hydrogens is 378 g/mol. The van der Waals surface area contributed by atoms with Gasteiger partial charge in [-0.25, -0.2) is 9.97 Å². The minimum atomic E-state index is 0.0195. The zero-order valence-corrected chi connectivity index (χ0v) is 18.2. The summed E-state index contributed by atoms with van der Waals surface area (Å²) < 4.78 is 0. The summed E-state index contributed by atoms with van der Waals surface area (Å²) in [7, 11) is 0. The van der Waals surface area contributed by atoms with E-state index in [4.69, 9.17) is 0 Å². The molecule has 2 bridgehead atoms. The number of likely N-dealkylation sites (tertiary alicyclic amines) is 1. The van der Waals surface area contributed by atoms with Crippen molar-refractivity contribution >= 4 is 17.8 Å². The Morgan fingerprint density at radius 2 is 1.83 bits per heavy atom. The Balaban J connectivity index is 1.27. The van der Waals surface area contributed by atoms with Crippen LogP contribution in [0.2, 0.25) is 0 Å². The quantitative estimate of drug-likeness (QED) is 0.746. The molecule has 4 atom stereocenters. The Labute approximate surface area is 178 Å². The van der Waals surface area contributed by atoms with Crippen LogP contribution in [0, 0.1) is 31.6 Å². The molecule has 0 saturated carbocycles. The number of carbonyl (C=O) groups is 2. The standard InChI is InChI=1S/C23H33N5O2/c1-15-9-16(2)25-23(24-15)26-8-4-5-18(13-26)22(30)27-11-17-10-19(14-27)20-6-3-7-21(29)28(20)12-17/h9,17-20H,3-8,10-14H2,1-2H3/t17-,18?,19-,20?/m0/s1. The van der Waals surface area contributed by atoms with E-state index in [1.54, 1.807) is 0 Å². The van der Waals surface area contributed by atoms with E-state index >= 15 is 0 Å². The summed E-state index contributed by atoms with van der Waals surface area (Å²) >= 11 is 0. The Bertz CT molecular complexity index is 823. The van der Waals surface area contributed by atoms with Gasteiger partial charge in [-0.1, -0.05) is 0 Å². The lowest BCUT2D eigenvalue weighted by molar-refractivity contribution is -0.150. The minimum absolute atomic E-state index is 0.0195. The van der Waals surface area contributed by atoms with Gasteiger partial charge in [-0.05, 0) is 63.9 Å². The first-order valence-electron chi connectivity index (χ1n) is 11.6. The first kappa shape index (κ1) is 19.8. The highest BCUT2D eigenvalue weighted by Gasteiger charge is 2.45. The number of aromatic nitrogens is 2. The lowest BCUT2D eigenvalue weighted by atomic mass is 9.75. The van der Waals surface area contributed by atoms with Crippen molar-refractivity contribution in [3.63, 3.8) is 0 Å². The van der Waals surface area contributed by atoms with E-state index in [0.717, 1.165) is 69.2 Å². The van der Waals surface area contributed by atoms with Gasteiger partial charge in [0.15, 0.2) is 0 Å². The summed E-state index contributed by atoms with van der Waals surface area (Å²) in [6.45, 7) is 8.09. The van der Waals surface area contributed by atoms with Gasteiger partial charge in [-0.2, -0.15) is 0 Å². The third-order valence-corrected chi connectivity index (χ3v) is 7.52. The number of amides is 2. The normalized spacial score (nSPS) is 31.5. The number of piperidine rings is 4. The number of hydrogen-bond acceptors (Lipinski definition) is 5. The van der Waals surface area contributed by atoms with Crippen LogP contribution in [0.5, 0.6) is 0 Å². The topological polar surface area (TPSA) is 69.6 Å². The van der Waals surface area contributed by atoms with Gasteiger partial charge >= 0.3 is 0 Å². The number of rotatable bonds is 2. The predicted molar refractivity (Wildman–Crippen MR) is 114 cm³/mol. The summed E-state index contributed by atoms with van der Waals surface area (Å²) in [5.41, 5.74) is 1.95. The fourth-order valence-corrected chi connectivity index (χ4v) is 6.26. The molecule has 5 rings (SSSR count). The summed E-state index contributed by atoms with van der Waals surface area (Å²) in [5.74, 6) is 2.30. The van der Waals surface area contributed by atoms with Crippen LogP contribution in [0.15, 0.2) is 6.07 Å². The molecule has 4 aliphatic heterocycles. The van der Waals surface area contributed by atoms with Crippen LogP contribution in [0.25, 0.3) is 0 Å². The highest BCUT2D eigenvalue weighted by atomic mass is 16.2. The molecule has 4 saturated heterocycles. The van der Waals surface area contributed by atoms with Crippen molar-refractivity contribution in [3.05, 3.63) is 17.5 Å². The molecule has 1 aromatic rings. The molecule has 4 aliphatic rings. The second kappa shape index (κ2) is 7.82. The lowest BCUT2D eigenvalue weighted by Crippen LogP contribution is -2.62. The van der Waals surface area contributed by atoms with E-state index < -0.39 is 0 Å². The van der Waals surface area contributed by atoms with Gasteiger partial charge in [0, 0.05) is 56.6 Å². The molecule has 0 spiro atoms. The van der Waals surface area contributed by atoms with Crippen molar-refractivity contribution in [1.82, 2.24) is 19.8 Å². The first-order valence-corrected chi connectivity index (χ1v) is 11.6. The predicted octanol–water partition coefficient (Wildman–Crippen LogP) is 2.17. The van der Waals surface area contributed by atoms with E-state index in [2.05, 4.69) is 24.7 Å². The van der Waals surface area contributed by atoms with Crippen molar-refractivity contribution in [3.8, 4) is 0 Å². The van der Waals surface area contributed by atoms with Crippen LogP contribution in [0.3, 0.4) is 0 Å². The second-order valence-corrected chi connectivity index (χ2v) is 9.85. The fourth-order valence-electron chi connectivity index (χ4n) is 6.26. The third kappa shape index (κ3) is 3.67. The van der Waals surface area contributed by atoms with Crippen LogP contribution in [0.1, 0.15) is 49.9 Å². The van der Waals surface area contributed by atoms with Crippen molar-refractivity contribution in [2.24, 2.45) is 17.8 Å². The van der Waals surface area contributed by atoms with E-state index in [1.165, 1.54) is 6.42 Å². The first-order chi connectivity index (χ1) is 14.5. The molecule has 0 radical (unpaired) electrons. The van der Waals surface area contributed by atoms with Crippen LogP contribution >= 0.6 is 0 Å². The number of aryl methyl sites for hydroxylation is 2. The number of anilines is 1. The summed E-state index contributed by atoms with van der Waals surface area (Å²) in [6, 6.07) is 2.34. The zero-order chi connectivity index (χ0) is 20.8. The maximum Gasteiger partial charge on any atom is 0.227 e. The van der Waals surface area contributed by atoms with Gasteiger partial charge < -0.3 is 14.7 Å². The highest BCUT2D eigenvalue weighted by Crippen LogP contribution is 2.38. The number of hydrogen-bond donors (Lipinski definition) is 0. The van der Waals surface area contributed by atoms with E-state index in [1.807, 2.05) is 19.9 Å². The average molecular weight is 412 g/mol. The maximum atomic E-state index is 13.5. The van der Waals surface area contributed by atoms with Gasteiger partial charge in [-0.3, -0.25) is 9.59 Å². The minimum Gasteiger partial charge on any atom is -0.342 e. The monoisotopic (exact) mass is 411 g/mol. The Kier molecular flexibility index (Phi) is 5.15. The molecule has 30 heavy (non-hydrogen) atoms. The van der Waals surface area contributed by atoms with Crippen molar-refractivity contribution in [2.75, 3.05) is 37.6 Å². The van der Waals surface area contributed by atoms with E-state index in [0.29, 0.717) is 42.7 Å². The summed E-state index contributed by atoms with van der Waals surface area (Å²) in [6.07, 6.45) is 5.93. The Morgan fingerprint density at radius 3 is 2.63 bits per heavy atom. The summed E-state index contributed by atoms with van der Waals surface area (Å²) in [5, 5.41) is 0. The maximum absolute atomic E-state index is 13.5. The molecule has 0 aromatic carbocycles. The lowest BCUT2D eigenvalue weighted by Gasteiger charge is -2.53. The second-order valence-electron chi connectivity index (χ2n) is 9.85. The molecule has 4 fully saturated rings. The SMILES string of the molecule is Cc1cc(C)nc(N2CCCC(C(=O)N3C[C@@H]4C[C@@H](C3)C3CCCC(=O)N3C4)C2)n1. The molecule has 162 valence electrons. The molecule has 7 heteroatoms. The third-order valence-electron chi connectivity index (χ3n) is 7.52. The molecule has 2 amide bonds. The Hall–Kier alpha value is -2.18. The number of nitrogens with zero attached hydrogens (tertiary/aromatic N) is 5. The molecule has 5 heterocycles. The summed E-state index contributed by atoms with van der Waals surface area (Å²) in [4.78, 5) is 41.6. The van der Waals surface area contributed by atoms with Crippen molar-refractivity contribution in [1.29, 1.82) is 0 Å². The van der Waals surface area contributed by atoms with Gasteiger partial charge in [0.2, 0.25) is 17.8 Å². The molecule has 2 unspecified atom stereocenters.